The Morgan fingerprint density at radius 1 is 1.32 bits per heavy atom. The number of nitrogens with zero attached hydrogens (tertiary/aromatic N) is 2. The van der Waals surface area contributed by atoms with Crippen LogP contribution in [0, 0.1) is 23.6 Å². The number of aliphatic carboxylic acids is 1. The third-order valence-corrected chi connectivity index (χ3v) is 9.93. The lowest BCUT2D eigenvalue weighted by atomic mass is 9.61. The number of nitrogens with one attached hydrogen (secondary N) is 3. The van der Waals surface area contributed by atoms with Gasteiger partial charge in [0.1, 0.15) is 11.9 Å². The van der Waals surface area contributed by atoms with Crippen molar-refractivity contribution in [2.45, 2.75) is 50.1 Å². The lowest BCUT2D eigenvalue weighted by molar-refractivity contribution is -0.140. The van der Waals surface area contributed by atoms with Gasteiger partial charge >= 0.3 is 5.97 Å². The molecule has 2 aromatic carbocycles. The van der Waals surface area contributed by atoms with Gasteiger partial charge in [-0.25, -0.2) is 9.37 Å². The second-order valence-corrected chi connectivity index (χ2v) is 12.1. The van der Waals surface area contributed by atoms with Gasteiger partial charge in [0.2, 0.25) is 5.91 Å². The van der Waals surface area contributed by atoms with Crippen LogP contribution in [-0.2, 0) is 15.1 Å². The van der Waals surface area contributed by atoms with Crippen LogP contribution in [0.15, 0.2) is 30.5 Å². The Bertz CT molecular complexity index is 1630. The molecule has 3 heterocycles. The molecule has 11 heteroatoms. The zero-order valence-corrected chi connectivity index (χ0v) is 21.4. The Labute approximate surface area is 221 Å². The quantitative estimate of drug-likeness (QED) is 0.253. The largest absolute Gasteiger partial charge is 0.480 e. The first-order chi connectivity index (χ1) is 18.2. The van der Waals surface area contributed by atoms with Gasteiger partial charge in [-0.1, -0.05) is 17.4 Å². The van der Waals surface area contributed by atoms with E-state index in [0.717, 1.165) is 38.7 Å². The van der Waals surface area contributed by atoms with E-state index in [1.54, 1.807) is 0 Å². The second kappa shape index (κ2) is 8.21. The first kappa shape index (κ1) is 23.5. The molecule has 0 radical (unpaired) electrons. The summed E-state index contributed by atoms with van der Waals surface area (Å²) in [6, 6.07) is 6.32. The number of rotatable bonds is 5. The molecule has 196 valence electrons. The van der Waals surface area contributed by atoms with Gasteiger partial charge in [-0.15, -0.1) is 0 Å². The molecule has 9 nitrogen and oxygen atoms in total. The van der Waals surface area contributed by atoms with E-state index in [4.69, 9.17) is 10.8 Å². The molecule has 2 fully saturated rings. The normalized spacial score (nSPS) is 28.2. The molecule has 2 aromatic heterocycles. The highest BCUT2D eigenvalue weighted by atomic mass is 32.1. The summed E-state index contributed by atoms with van der Waals surface area (Å²) in [4.78, 5) is 27.7. The molecule has 2 bridgehead atoms. The number of thiazole rings is 1. The fourth-order valence-electron chi connectivity index (χ4n) is 7.46. The number of aromatic nitrogens is 3. The summed E-state index contributed by atoms with van der Waals surface area (Å²) in [6.45, 7) is 2.19. The predicted octanol–water partition coefficient (Wildman–Crippen LogP) is 4.52. The molecule has 1 aliphatic heterocycles. The van der Waals surface area contributed by atoms with E-state index < -0.39 is 23.5 Å². The fourth-order valence-corrected chi connectivity index (χ4v) is 8.38. The minimum Gasteiger partial charge on any atom is -0.480 e. The zero-order valence-electron chi connectivity index (χ0n) is 20.6. The number of H-pyrrole nitrogens is 1. The summed E-state index contributed by atoms with van der Waals surface area (Å²) in [6.07, 6.45) is 4.99. The monoisotopic (exact) mass is 534 g/mol. The molecule has 2 saturated carbocycles. The minimum absolute atomic E-state index is 0.247. The lowest BCUT2D eigenvalue weighted by Gasteiger charge is -2.50. The van der Waals surface area contributed by atoms with E-state index in [2.05, 4.69) is 38.8 Å². The molecular weight excluding hydrogens is 507 g/mol. The molecule has 6 atom stereocenters. The van der Waals surface area contributed by atoms with Crippen LogP contribution in [0.2, 0.25) is 0 Å². The van der Waals surface area contributed by atoms with Crippen molar-refractivity contribution in [2.24, 2.45) is 23.5 Å². The fraction of sp³-hybridized carbons (Fsp3) is 0.407. The van der Waals surface area contributed by atoms with Crippen molar-refractivity contribution < 1.29 is 19.1 Å². The number of carboxylic acids is 1. The summed E-state index contributed by atoms with van der Waals surface area (Å²) in [7, 11) is 0. The van der Waals surface area contributed by atoms with Crippen LogP contribution in [0.5, 0.6) is 0 Å². The van der Waals surface area contributed by atoms with Crippen molar-refractivity contribution in [2.75, 3.05) is 10.6 Å². The highest BCUT2D eigenvalue weighted by Crippen LogP contribution is 2.66. The Balaban J connectivity index is 1.28. The van der Waals surface area contributed by atoms with Crippen molar-refractivity contribution in [1.82, 2.24) is 15.2 Å². The van der Waals surface area contributed by atoms with Gasteiger partial charge in [0.05, 0.1) is 39.6 Å². The van der Waals surface area contributed by atoms with E-state index >= 15 is 4.39 Å². The van der Waals surface area contributed by atoms with Gasteiger partial charge in [0, 0.05) is 11.5 Å². The minimum atomic E-state index is -1.27. The Kier molecular flexibility index (Phi) is 5.09. The van der Waals surface area contributed by atoms with Crippen molar-refractivity contribution in [3.8, 4) is 0 Å². The number of nitrogens with two attached hydrogens (primary N) is 1. The average molecular weight is 535 g/mol. The van der Waals surface area contributed by atoms with Gasteiger partial charge in [-0.3, -0.25) is 14.7 Å². The molecule has 4 aromatic rings. The van der Waals surface area contributed by atoms with E-state index in [9.17, 15) is 9.59 Å². The summed E-state index contributed by atoms with van der Waals surface area (Å²) in [5.41, 5.74) is 9.14. The van der Waals surface area contributed by atoms with Crippen LogP contribution in [-0.4, -0.2) is 38.2 Å². The number of benzene rings is 2. The van der Waals surface area contributed by atoms with Gasteiger partial charge in [-0.05, 0) is 73.1 Å². The molecule has 0 spiro atoms. The number of amides is 1. The van der Waals surface area contributed by atoms with Crippen molar-refractivity contribution in [1.29, 1.82) is 0 Å². The third-order valence-electron chi connectivity index (χ3n) is 9.00. The van der Waals surface area contributed by atoms with E-state index in [-0.39, 0.29) is 18.2 Å². The molecule has 38 heavy (non-hydrogen) atoms. The molecule has 3 unspecified atom stereocenters. The number of carbonyl (C=O) groups is 2. The molecule has 7 rings (SSSR count). The SMILES string of the molecule is C[C@@]1(c2ccc3nc(NC(=O)CC(N)C(=O)O)sc3c2)Nc2c(F)cc3[nH]ncc3c2[C@H]2C3CCC(C3)[C@H]21. The Hall–Kier alpha value is -3.57. The summed E-state index contributed by atoms with van der Waals surface area (Å²) in [5, 5.41) is 23.8. The maximum absolute atomic E-state index is 15.6. The van der Waals surface area contributed by atoms with E-state index in [0.29, 0.717) is 28.6 Å². The maximum Gasteiger partial charge on any atom is 0.321 e. The number of hydrogen-bond donors (Lipinski definition) is 5. The first-order valence-electron chi connectivity index (χ1n) is 12.9. The highest BCUT2D eigenvalue weighted by Gasteiger charge is 2.59. The standard InChI is InChI=1S/C27H27FN6O3S/c1-27(13-4-5-17-19(7-13)38-26(31-17)32-20(35)9-16(29)25(36)37)23-12-3-2-11(6-12)21(23)22-14-10-30-34-18(14)8-15(28)24(22)33-27/h4-5,7-8,10-12,16,21,23,33H,2-3,6,9,29H2,1H3,(H,30,34)(H,36,37)(H,31,32,35)/t11?,12?,16?,21-,23-,27+/m1/s1. The molecule has 2 aliphatic carbocycles. The number of hydrogen-bond acceptors (Lipinski definition) is 7. The van der Waals surface area contributed by atoms with Crippen LogP contribution < -0.4 is 16.4 Å². The molecule has 3 aliphatic rings. The topological polar surface area (TPSA) is 146 Å². The van der Waals surface area contributed by atoms with E-state index in [1.165, 1.54) is 30.2 Å². The van der Waals surface area contributed by atoms with Crippen molar-refractivity contribution in [3.05, 3.63) is 47.4 Å². The zero-order chi connectivity index (χ0) is 26.3. The number of carboxylic acid groups (broad SMARTS) is 1. The maximum atomic E-state index is 15.6. The van der Waals surface area contributed by atoms with Crippen LogP contribution in [0.1, 0.15) is 49.7 Å². The highest BCUT2D eigenvalue weighted by molar-refractivity contribution is 7.22. The summed E-state index contributed by atoms with van der Waals surface area (Å²) in [5.74, 6) is -0.377. The molecule has 1 amide bonds. The van der Waals surface area contributed by atoms with E-state index in [1.807, 2.05) is 18.3 Å². The van der Waals surface area contributed by atoms with Crippen LogP contribution in [0.3, 0.4) is 0 Å². The summed E-state index contributed by atoms with van der Waals surface area (Å²) >= 11 is 1.32. The summed E-state index contributed by atoms with van der Waals surface area (Å²) < 4.78 is 16.4. The molecular formula is C27H27FN6O3S. The van der Waals surface area contributed by atoms with Gasteiger partial charge in [0.25, 0.3) is 0 Å². The van der Waals surface area contributed by atoms with Crippen LogP contribution in [0.4, 0.5) is 15.2 Å². The van der Waals surface area contributed by atoms with Gasteiger partial charge in [-0.2, -0.15) is 5.10 Å². The Morgan fingerprint density at radius 3 is 2.95 bits per heavy atom. The number of anilines is 2. The lowest BCUT2D eigenvalue weighted by Crippen LogP contribution is -2.49. The molecule has 6 N–H and O–H groups in total. The number of halogens is 1. The van der Waals surface area contributed by atoms with Gasteiger partial charge in [0.15, 0.2) is 5.13 Å². The van der Waals surface area contributed by atoms with Crippen LogP contribution in [0.25, 0.3) is 21.1 Å². The predicted molar refractivity (Wildman–Crippen MR) is 143 cm³/mol. The van der Waals surface area contributed by atoms with Crippen molar-refractivity contribution >= 4 is 55.2 Å². The average Bonchev–Trinajstić information content (AvgIpc) is 3.67. The van der Waals surface area contributed by atoms with Crippen molar-refractivity contribution in [3.63, 3.8) is 0 Å². The second-order valence-electron chi connectivity index (χ2n) is 11.1. The number of aromatic amines is 1. The van der Waals surface area contributed by atoms with Gasteiger partial charge < -0.3 is 21.5 Å². The number of carbonyl (C=O) groups excluding carboxylic acids is 1. The van der Waals surface area contributed by atoms with Crippen LogP contribution >= 0.6 is 11.3 Å². The first-order valence-corrected chi connectivity index (χ1v) is 13.7. The number of fused-ring (bicyclic) bond motifs is 10. The third kappa shape index (κ3) is 3.37. The molecule has 0 saturated heterocycles. The Morgan fingerprint density at radius 2 is 2.13 bits per heavy atom. The smallest absolute Gasteiger partial charge is 0.321 e.